The van der Waals surface area contributed by atoms with E-state index in [1.807, 2.05) is 0 Å². The normalized spacial score (nSPS) is 18.3. The van der Waals surface area contributed by atoms with E-state index in [0.29, 0.717) is 13.2 Å². The molecule has 1 atom stereocenters. The van der Waals surface area contributed by atoms with Gasteiger partial charge in [-0.05, 0) is 12.8 Å². The molecule has 0 aromatic rings. The molecule has 0 spiro atoms. The summed E-state index contributed by atoms with van der Waals surface area (Å²) in [6.45, 7) is 4.78. The molecular weight excluding hydrogens is 238 g/mol. The molecule has 1 amide bonds. The molecule has 1 unspecified atom stereocenters. The van der Waals surface area contributed by atoms with Crippen molar-refractivity contribution in [1.29, 1.82) is 0 Å². The third-order valence-electron chi connectivity index (χ3n) is 2.63. The molecule has 102 valence electrons. The van der Waals surface area contributed by atoms with Gasteiger partial charge in [0.25, 0.3) is 0 Å². The Hall–Kier alpha value is -1.56. The Morgan fingerprint density at radius 1 is 1.56 bits per heavy atom. The Kier molecular flexibility index (Phi) is 6.21. The number of carbonyl (C=O) groups is 2. The van der Waals surface area contributed by atoms with Gasteiger partial charge in [0.05, 0.1) is 19.1 Å². The Balaban J connectivity index is 2.46. The molecule has 0 aromatic heterocycles. The zero-order valence-corrected chi connectivity index (χ0v) is 10.3. The lowest BCUT2D eigenvalue weighted by Gasteiger charge is -2.23. The van der Waals surface area contributed by atoms with Gasteiger partial charge in [-0.2, -0.15) is 0 Å². The van der Waals surface area contributed by atoms with Crippen molar-refractivity contribution >= 4 is 12.1 Å². The van der Waals surface area contributed by atoms with Crippen LogP contribution in [0.3, 0.4) is 0 Å². The number of carbonyl (C=O) groups excluding carboxylic acids is 1. The summed E-state index contributed by atoms with van der Waals surface area (Å²) in [5.41, 5.74) is 0. The summed E-state index contributed by atoms with van der Waals surface area (Å²) in [5.74, 6) is -0.941. The molecule has 0 saturated carbocycles. The minimum Gasteiger partial charge on any atom is -0.481 e. The standard InChI is InChI=1S/C12H19NO5/c1-2-7-18-12(16)13(6-5-11(14)15)9-10-4-3-8-17-10/h2,10H,1,3-9H2,(H,14,15). The monoisotopic (exact) mass is 257 g/mol. The summed E-state index contributed by atoms with van der Waals surface area (Å²) < 4.78 is 10.3. The van der Waals surface area contributed by atoms with Gasteiger partial charge in [0.15, 0.2) is 0 Å². The molecule has 0 aromatic carbocycles. The molecule has 18 heavy (non-hydrogen) atoms. The molecule has 1 fully saturated rings. The Morgan fingerprint density at radius 3 is 2.89 bits per heavy atom. The smallest absolute Gasteiger partial charge is 0.410 e. The Bertz CT molecular complexity index is 299. The molecule has 0 radical (unpaired) electrons. The zero-order valence-electron chi connectivity index (χ0n) is 10.3. The average Bonchev–Trinajstić information content (AvgIpc) is 2.84. The van der Waals surface area contributed by atoms with Crippen LogP contribution >= 0.6 is 0 Å². The first-order valence-corrected chi connectivity index (χ1v) is 5.99. The summed E-state index contributed by atoms with van der Waals surface area (Å²) in [5, 5.41) is 8.65. The van der Waals surface area contributed by atoms with E-state index in [1.54, 1.807) is 0 Å². The van der Waals surface area contributed by atoms with E-state index in [4.69, 9.17) is 14.6 Å². The van der Waals surface area contributed by atoms with Crippen molar-refractivity contribution in [3.05, 3.63) is 12.7 Å². The maximum atomic E-state index is 11.7. The highest BCUT2D eigenvalue weighted by Gasteiger charge is 2.23. The van der Waals surface area contributed by atoms with Gasteiger partial charge in [-0.25, -0.2) is 4.79 Å². The van der Waals surface area contributed by atoms with Gasteiger partial charge in [0.2, 0.25) is 0 Å². The Morgan fingerprint density at radius 2 is 2.33 bits per heavy atom. The molecule has 6 heteroatoms. The summed E-state index contributed by atoms with van der Waals surface area (Å²) in [6.07, 6.45) is 2.69. The lowest BCUT2D eigenvalue weighted by molar-refractivity contribution is -0.137. The SMILES string of the molecule is C=CCOC(=O)N(CCC(=O)O)CC1CCCO1. The topological polar surface area (TPSA) is 76.1 Å². The van der Waals surface area contributed by atoms with E-state index < -0.39 is 12.1 Å². The molecule has 0 aliphatic carbocycles. The highest BCUT2D eigenvalue weighted by atomic mass is 16.6. The number of ether oxygens (including phenoxy) is 2. The van der Waals surface area contributed by atoms with E-state index in [2.05, 4.69) is 6.58 Å². The number of nitrogens with zero attached hydrogens (tertiary/aromatic N) is 1. The molecular formula is C12H19NO5. The van der Waals surface area contributed by atoms with Crippen molar-refractivity contribution < 1.29 is 24.2 Å². The number of carboxylic acids is 1. The second-order valence-electron chi connectivity index (χ2n) is 4.09. The highest BCUT2D eigenvalue weighted by Crippen LogP contribution is 2.14. The van der Waals surface area contributed by atoms with E-state index in [9.17, 15) is 9.59 Å². The Labute approximate surface area is 106 Å². The number of rotatable bonds is 7. The van der Waals surface area contributed by atoms with Crippen LogP contribution in [0.2, 0.25) is 0 Å². The fourth-order valence-corrected chi connectivity index (χ4v) is 1.74. The molecule has 1 heterocycles. The third-order valence-corrected chi connectivity index (χ3v) is 2.63. The lowest BCUT2D eigenvalue weighted by Crippen LogP contribution is -2.39. The van der Waals surface area contributed by atoms with Crippen molar-refractivity contribution in [2.75, 3.05) is 26.3 Å². The van der Waals surface area contributed by atoms with Crippen LogP contribution in [0.15, 0.2) is 12.7 Å². The summed E-state index contributed by atoms with van der Waals surface area (Å²) >= 11 is 0. The molecule has 0 bridgehead atoms. The minimum absolute atomic E-state index is 0.0184. The first-order chi connectivity index (χ1) is 8.63. The first-order valence-electron chi connectivity index (χ1n) is 5.99. The predicted molar refractivity (Wildman–Crippen MR) is 64.3 cm³/mol. The summed E-state index contributed by atoms with van der Waals surface area (Å²) in [4.78, 5) is 23.6. The van der Waals surface area contributed by atoms with Crippen molar-refractivity contribution in [3.8, 4) is 0 Å². The van der Waals surface area contributed by atoms with Gasteiger partial charge in [0, 0.05) is 13.2 Å². The third kappa shape index (κ3) is 5.18. The number of amides is 1. The molecule has 1 saturated heterocycles. The second-order valence-corrected chi connectivity index (χ2v) is 4.09. The average molecular weight is 257 g/mol. The van der Waals surface area contributed by atoms with E-state index in [0.717, 1.165) is 12.8 Å². The van der Waals surface area contributed by atoms with Crippen LogP contribution in [0.25, 0.3) is 0 Å². The predicted octanol–water partition coefficient (Wildman–Crippen LogP) is 1.26. The van der Waals surface area contributed by atoms with Crippen LogP contribution in [0.5, 0.6) is 0 Å². The van der Waals surface area contributed by atoms with Crippen molar-refractivity contribution in [2.24, 2.45) is 0 Å². The molecule has 1 aliphatic heterocycles. The molecule has 6 nitrogen and oxygen atoms in total. The number of carboxylic acid groups (broad SMARTS) is 1. The first kappa shape index (κ1) is 14.5. The van der Waals surface area contributed by atoms with Crippen LogP contribution in [0.4, 0.5) is 4.79 Å². The largest absolute Gasteiger partial charge is 0.481 e. The van der Waals surface area contributed by atoms with Gasteiger partial charge in [-0.3, -0.25) is 4.79 Å². The van der Waals surface area contributed by atoms with Crippen LogP contribution in [0, 0.1) is 0 Å². The van der Waals surface area contributed by atoms with Crippen LogP contribution in [-0.2, 0) is 14.3 Å². The molecule has 1 N–H and O–H groups in total. The van der Waals surface area contributed by atoms with Gasteiger partial charge in [-0.15, -0.1) is 0 Å². The van der Waals surface area contributed by atoms with Crippen LogP contribution in [-0.4, -0.2) is 54.5 Å². The fourth-order valence-electron chi connectivity index (χ4n) is 1.74. The quantitative estimate of drug-likeness (QED) is 0.695. The minimum atomic E-state index is -0.941. The van der Waals surface area contributed by atoms with Crippen molar-refractivity contribution in [3.63, 3.8) is 0 Å². The second kappa shape index (κ2) is 7.71. The number of aliphatic carboxylic acids is 1. The summed E-state index contributed by atoms with van der Waals surface area (Å²) in [6, 6.07) is 0. The molecule has 1 rings (SSSR count). The zero-order chi connectivity index (χ0) is 13.4. The summed E-state index contributed by atoms with van der Waals surface area (Å²) in [7, 11) is 0. The number of hydrogen-bond donors (Lipinski definition) is 1. The number of hydrogen-bond acceptors (Lipinski definition) is 4. The van der Waals surface area contributed by atoms with Gasteiger partial charge < -0.3 is 19.5 Å². The van der Waals surface area contributed by atoms with Gasteiger partial charge in [0.1, 0.15) is 6.61 Å². The van der Waals surface area contributed by atoms with Gasteiger partial charge in [-0.1, -0.05) is 12.7 Å². The lowest BCUT2D eigenvalue weighted by atomic mass is 10.2. The van der Waals surface area contributed by atoms with Crippen molar-refractivity contribution in [1.82, 2.24) is 4.90 Å². The fraction of sp³-hybridized carbons (Fsp3) is 0.667. The molecule has 1 aliphatic rings. The maximum Gasteiger partial charge on any atom is 0.410 e. The maximum absolute atomic E-state index is 11.7. The van der Waals surface area contributed by atoms with Crippen LogP contribution in [0.1, 0.15) is 19.3 Å². The van der Waals surface area contributed by atoms with Gasteiger partial charge >= 0.3 is 12.1 Å². The highest BCUT2D eigenvalue weighted by molar-refractivity contribution is 5.70. The van der Waals surface area contributed by atoms with E-state index in [1.165, 1.54) is 11.0 Å². The van der Waals surface area contributed by atoms with E-state index >= 15 is 0 Å². The van der Waals surface area contributed by atoms with Crippen molar-refractivity contribution in [2.45, 2.75) is 25.4 Å². The van der Waals surface area contributed by atoms with E-state index in [-0.39, 0.29) is 25.7 Å². The van der Waals surface area contributed by atoms with Crippen LogP contribution < -0.4 is 0 Å².